The number of hydrogen-bond acceptors (Lipinski definition) is 1. The Bertz CT molecular complexity index is 602. The number of para-hydroxylation sites is 1. The zero-order valence-electron chi connectivity index (χ0n) is 11.9. The molecule has 0 aliphatic heterocycles. The second-order valence-corrected chi connectivity index (χ2v) is 6.01. The lowest BCUT2D eigenvalue weighted by Gasteiger charge is -2.22. The molecule has 0 saturated carbocycles. The van der Waals surface area contributed by atoms with Crippen molar-refractivity contribution in [3.8, 4) is 11.5 Å². The summed E-state index contributed by atoms with van der Waals surface area (Å²) < 4.78 is 19.7. The van der Waals surface area contributed by atoms with Crippen molar-refractivity contribution in [3.05, 3.63) is 59.4 Å². The molecular formula is C17H18ClFO. The Morgan fingerprint density at radius 3 is 2.35 bits per heavy atom. The van der Waals surface area contributed by atoms with Crippen LogP contribution in [0.5, 0.6) is 11.5 Å². The molecule has 2 aromatic carbocycles. The van der Waals surface area contributed by atoms with Crippen molar-refractivity contribution in [2.75, 3.05) is 0 Å². The van der Waals surface area contributed by atoms with Crippen molar-refractivity contribution >= 4 is 11.6 Å². The predicted molar refractivity (Wildman–Crippen MR) is 81.2 cm³/mol. The maximum absolute atomic E-state index is 14.0. The van der Waals surface area contributed by atoms with Gasteiger partial charge in [-0.15, -0.1) is 11.6 Å². The number of rotatable bonds is 3. The molecule has 0 aliphatic carbocycles. The number of ether oxygens (including phenoxy) is 1. The number of hydrogen-bond donors (Lipinski definition) is 0. The summed E-state index contributed by atoms with van der Waals surface area (Å²) in [5, 5.41) is 0. The van der Waals surface area contributed by atoms with E-state index < -0.39 is 5.82 Å². The number of alkyl halides is 1. The second-order valence-electron chi connectivity index (χ2n) is 5.75. The van der Waals surface area contributed by atoms with Crippen molar-refractivity contribution in [1.29, 1.82) is 0 Å². The molecule has 0 spiro atoms. The molecule has 0 aromatic heterocycles. The molecule has 0 atom stereocenters. The maximum atomic E-state index is 14.0. The molecule has 2 aromatic rings. The standard InChI is InChI=1S/C17H18ClFO/c1-17(2,3)13-6-4-5-7-15(13)20-16-9-8-12(11-18)10-14(16)19/h4-10H,11H2,1-3H3. The van der Waals surface area contributed by atoms with E-state index in [1.54, 1.807) is 12.1 Å². The topological polar surface area (TPSA) is 9.23 Å². The fourth-order valence-corrected chi connectivity index (χ4v) is 2.17. The van der Waals surface area contributed by atoms with Gasteiger partial charge in [0.1, 0.15) is 5.75 Å². The minimum absolute atomic E-state index is 0.0663. The first-order valence-corrected chi connectivity index (χ1v) is 7.07. The highest BCUT2D eigenvalue weighted by atomic mass is 35.5. The summed E-state index contributed by atoms with van der Waals surface area (Å²) in [6, 6.07) is 12.5. The first-order chi connectivity index (χ1) is 9.41. The summed E-state index contributed by atoms with van der Waals surface area (Å²) in [5.41, 5.74) is 1.71. The Kier molecular flexibility index (Phi) is 4.34. The monoisotopic (exact) mass is 292 g/mol. The third kappa shape index (κ3) is 3.31. The molecule has 20 heavy (non-hydrogen) atoms. The van der Waals surface area contributed by atoms with E-state index in [-0.39, 0.29) is 17.0 Å². The van der Waals surface area contributed by atoms with E-state index in [9.17, 15) is 4.39 Å². The molecule has 106 valence electrons. The quantitative estimate of drug-likeness (QED) is 0.664. The molecule has 0 bridgehead atoms. The molecule has 2 rings (SSSR count). The predicted octanol–water partition coefficient (Wildman–Crippen LogP) is 5.65. The van der Waals surface area contributed by atoms with Crippen LogP contribution >= 0.6 is 11.6 Å². The number of benzene rings is 2. The molecule has 0 saturated heterocycles. The molecule has 0 unspecified atom stereocenters. The van der Waals surface area contributed by atoms with Gasteiger partial charge in [-0.2, -0.15) is 0 Å². The molecule has 0 amide bonds. The van der Waals surface area contributed by atoms with E-state index in [4.69, 9.17) is 16.3 Å². The van der Waals surface area contributed by atoms with Crippen LogP contribution in [0.1, 0.15) is 31.9 Å². The normalized spacial score (nSPS) is 11.4. The van der Waals surface area contributed by atoms with E-state index in [0.29, 0.717) is 5.75 Å². The zero-order valence-corrected chi connectivity index (χ0v) is 12.7. The van der Waals surface area contributed by atoms with Gasteiger partial charge in [-0.05, 0) is 29.2 Å². The third-order valence-electron chi connectivity index (χ3n) is 3.07. The molecule has 3 heteroatoms. The van der Waals surface area contributed by atoms with Gasteiger partial charge in [0.05, 0.1) is 0 Å². The Morgan fingerprint density at radius 1 is 1.05 bits per heavy atom. The zero-order chi connectivity index (χ0) is 14.8. The Balaban J connectivity index is 2.36. The van der Waals surface area contributed by atoms with Gasteiger partial charge in [0, 0.05) is 11.4 Å². The fourth-order valence-electron chi connectivity index (χ4n) is 2.00. The first kappa shape index (κ1) is 14.9. The molecule has 0 aliphatic rings. The third-order valence-corrected chi connectivity index (χ3v) is 3.37. The SMILES string of the molecule is CC(C)(C)c1ccccc1Oc1ccc(CCl)cc1F. The summed E-state index contributed by atoms with van der Waals surface area (Å²) in [6.45, 7) is 6.30. The van der Waals surface area contributed by atoms with Gasteiger partial charge in [-0.1, -0.05) is 45.0 Å². The second kappa shape index (κ2) is 5.84. The first-order valence-electron chi connectivity index (χ1n) is 6.53. The minimum Gasteiger partial charge on any atom is -0.454 e. The van der Waals surface area contributed by atoms with Gasteiger partial charge in [0.25, 0.3) is 0 Å². The Morgan fingerprint density at radius 2 is 1.75 bits per heavy atom. The van der Waals surface area contributed by atoms with Crippen molar-refractivity contribution in [2.24, 2.45) is 0 Å². The van der Waals surface area contributed by atoms with Gasteiger partial charge in [0.2, 0.25) is 0 Å². The van der Waals surface area contributed by atoms with Crippen LogP contribution in [0.2, 0.25) is 0 Å². The van der Waals surface area contributed by atoms with Gasteiger partial charge in [0.15, 0.2) is 11.6 Å². The van der Waals surface area contributed by atoms with E-state index in [1.165, 1.54) is 6.07 Å². The van der Waals surface area contributed by atoms with E-state index in [1.807, 2.05) is 24.3 Å². The lowest BCUT2D eigenvalue weighted by atomic mass is 9.86. The molecule has 0 radical (unpaired) electrons. The van der Waals surface area contributed by atoms with Gasteiger partial charge < -0.3 is 4.74 Å². The maximum Gasteiger partial charge on any atom is 0.166 e. The van der Waals surface area contributed by atoms with Crippen LogP contribution in [0, 0.1) is 5.82 Å². The van der Waals surface area contributed by atoms with Crippen LogP contribution in [-0.2, 0) is 11.3 Å². The van der Waals surface area contributed by atoms with E-state index in [0.717, 1.165) is 11.1 Å². The van der Waals surface area contributed by atoms with Gasteiger partial charge in [-0.25, -0.2) is 4.39 Å². The summed E-state index contributed by atoms with van der Waals surface area (Å²) in [5.74, 6) is 0.787. The highest BCUT2D eigenvalue weighted by Crippen LogP contribution is 2.34. The average Bonchev–Trinajstić information content (AvgIpc) is 2.40. The van der Waals surface area contributed by atoms with Gasteiger partial charge >= 0.3 is 0 Å². The van der Waals surface area contributed by atoms with Crippen molar-refractivity contribution in [3.63, 3.8) is 0 Å². The van der Waals surface area contributed by atoms with E-state index >= 15 is 0 Å². The summed E-state index contributed by atoms with van der Waals surface area (Å²) in [7, 11) is 0. The lowest BCUT2D eigenvalue weighted by Crippen LogP contribution is -2.12. The molecule has 0 heterocycles. The van der Waals surface area contributed by atoms with Crippen molar-refractivity contribution < 1.29 is 9.13 Å². The highest BCUT2D eigenvalue weighted by molar-refractivity contribution is 6.17. The summed E-state index contributed by atoms with van der Waals surface area (Å²) >= 11 is 5.69. The van der Waals surface area contributed by atoms with Crippen LogP contribution in [0.25, 0.3) is 0 Å². The smallest absolute Gasteiger partial charge is 0.166 e. The van der Waals surface area contributed by atoms with Crippen LogP contribution in [0.3, 0.4) is 0 Å². The lowest BCUT2D eigenvalue weighted by molar-refractivity contribution is 0.424. The van der Waals surface area contributed by atoms with Crippen LogP contribution in [0.15, 0.2) is 42.5 Å². The molecule has 1 nitrogen and oxygen atoms in total. The molecule has 0 N–H and O–H groups in total. The van der Waals surface area contributed by atoms with Crippen LogP contribution < -0.4 is 4.74 Å². The molecular weight excluding hydrogens is 275 g/mol. The van der Waals surface area contributed by atoms with Crippen LogP contribution in [-0.4, -0.2) is 0 Å². The summed E-state index contributed by atoms with van der Waals surface area (Å²) in [6.07, 6.45) is 0. The van der Waals surface area contributed by atoms with E-state index in [2.05, 4.69) is 20.8 Å². The largest absolute Gasteiger partial charge is 0.454 e. The average molecular weight is 293 g/mol. The highest BCUT2D eigenvalue weighted by Gasteiger charge is 2.19. The van der Waals surface area contributed by atoms with Crippen LogP contribution in [0.4, 0.5) is 4.39 Å². The summed E-state index contributed by atoms with van der Waals surface area (Å²) in [4.78, 5) is 0. The van der Waals surface area contributed by atoms with Crippen molar-refractivity contribution in [1.82, 2.24) is 0 Å². The number of halogens is 2. The minimum atomic E-state index is -0.396. The fraction of sp³-hybridized carbons (Fsp3) is 0.294. The Hall–Kier alpha value is -1.54. The van der Waals surface area contributed by atoms with Gasteiger partial charge in [-0.3, -0.25) is 0 Å². The Labute approximate surface area is 124 Å². The van der Waals surface area contributed by atoms with Crippen molar-refractivity contribution in [2.45, 2.75) is 32.1 Å². The molecule has 0 fully saturated rings.